The summed E-state index contributed by atoms with van der Waals surface area (Å²) in [6.07, 6.45) is 1.42. The molecule has 1 heterocycles. The van der Waals surface area contributed by atoms with Gasteiger partial charge in [0.25, 0.3) is 0 Å². The van der Waals surface area contributed by atoms with E-state index >= 15 is 0 Å². The lowest BCUT2D eigenvalue weighted by molar-refractivity contribution is -0.116. The number of benzene rings is 2. The monoisotopic (exact) mass is 320 g/mol. The summed E-state index contributed by atoms with van der Waals surface area (Å²) in [5.74, 6) is 0.0709. The molecule has 2 N–H and O–H groups in total. The lowest BCUT2D eigenvalue weighted by Crippen LogP contribution is -2.11. The molecule has 0 bridgehead atoms. The molecule has 0 atom stereocenters. The molecule has 0 aliphatic carbocycles. The van der Waals surface area contributed by atoms with Crippen LogP contribution in [0, 0.1) is 0 Å². The third-order valence-corrected chi connectivity index (χ3v) is 4.25. The molecular weight excluding hydrogens is 304 g/mol. The lowest BCUT2D eigenvalue weighted by atomic mass is 10.2. The maximum Gasteiger partial charge on any atom is 0.224 e. The minimum absolute atomic E-state index is 0. The van der Waals surface area contributed by atoms with E-state index in [2.05, 4.69) is 22.8 Å². The second-order valence-electron chi connectivity index (χ2n) is 4.73. The van der Waals surface area contributed by atoms with Gasteiger partial charge < -0.3 is 10.6 Å². The van der Waals surface area contributed by atoms with E-state index in [1.165, 1.54) is 4.90 Å². The smallest absolute Gasteiger partial charge is 0.224 e. The maximum absolute atomic E-state index is 11.6. The summed E-state index contributed by atoms with van der Waals surface area (Å²) in [6.45, 7) is 2.00. The number of nitrogens with one attached hydrogen (secondary N) is 2. The maximum atomic E-state index is 11.6. The zero-order valence-electron chi connectivity index (χ0n) is 11.7. The van der Waals surface area contributed by atoms with Gasteiger partial charge in [0.05, 0.1) is 11.4 Å². The van der Waals surface area contributed by atoms with Crippen LogP contribution in [0.4, 0.5) is 17.1 Å². The number of hydrogen-bond donors (Lipinski definition) is 2. The first-order valence-electron chi connectivity index (χ1n) is 6.74. The fourth-order valence-electron chi connectivity index (χ4n) is 2.16. The second-order valence-corrected chi connectivity index (χ2v) is 5.82. The van der Waals surface area contributed by atoms with Crippen LogP contribution in [0.1, 0.15) is 19.8 Å². The number of amides is 1. The molecule has 0 radical (unpaired) electrons. The molecule has 0 spiro atoms. The molecule has 0 unspecified atom stereocenters. The van der Waals surface area contributed by atoms with Crippen LogP contribution in [0.2, 0.25) is 0 Å². The van der Waals surface area contributed by atoms with Crippen molar-refractivity contribution in [1.29, 1.82) is 0 Å². The molecule has 0 saturated heterocycles. The average molecular weight is 321 g/mol. The van der Waals surface area contributed by atoms with E-state index in [0.717, 1.165) is 28.4 Å². The van der Waals surface area contributed by atoms with Crippen LogP contribution in [0.5, 0.6) is 0 Å². The molecule has 2 aromatic rings. The Labute approximate surface area is 134 Å². The number of rotatable bonds is 3. The Bertz CT molecular complexity index is 660. The number of hydrogen-bond acceptors (Lipinski definition) is 3. The summed E-state index contributed by atoms with van der Waals surface area (Å²) < 4.78 is 0. The summed E-state index contributed by atoms with van der Waals surface area (Å²) in [6, 6.07) is 14.2. The zero-order valence-corrected chi connectivity index (χ0v) is 13.3. The summed E-state index contributed by atoms with van der Waals surface area (Å²) >= 11 is 1.72. The molecule has 0 aromatic heterocycles. The number of halogens is 1. The Morgan fingerprint density at radius 2 is 1.90 bits per heavy atom. The summed E-state index contributed by atoms with van der Waals surface area (Å²) in [4.78, 5) is 14.0. The van der Waals surface area contributed by atoms with Gasteiger partial charge in [0.2, 0.25) is 5.91 Å². The highest BCUT2D eigenvalue weighted by atomic mass is 35.5. The van der Waals surface area contributed by atoms with E-state index in [9.17, 15) is 4.79 Å². The molecule has 2 aromatic carbocycles. The first-order chi connectivity index (χ1) is 9.76. The van der Waals surface area contributed by atoms with Gasteiger partial charge in [-0.05, 0) is 36.8 Å². The molecule has 5 heteroatoms. The number of para-hydroxylation sites is 1. The third kappa shape index (κ3) is 3.52. The van der Waals surface area contributed by atoms with Crippen LogP contribution in [-0.4, -0.2) is 5.91 Å². The Hall–Kier alpha value is -1.65. The Kier molecular flexibility index (Phi) is 5.15. The Balaban J connectivity index is 0.00000161. The number of carbonyl (C=O) groups is 1. The molecule has 3 rings (SSSR count). The lowest BCUT2D eigenvalue weighted by Gasteiger charge is -2.21. The third-order valence-electron chi connectivity index (χ3n) is 3.12. The summed E-state index contributed by atoms with van der Waals surface area (Å²) in [5, 5.41) is 6.35. The normalized spacial score (nSPS) is 11.5. The molecule has 110 valence electrons. The van der Waals surface area contributed by atoms with E-state index in [1.807, 2.05) is 37.3 Å². The molecule has 1 aliphatic rings. The largest absolute Gasteiger partial charge is 0.354 e. The summed E-state index contributed by atoms with van der Waals surface area (Å²) in [5.41, 5.74) is 3.07. The van der Waals surface area contributed by atoms with E-state index in [0.29, 0.717) is 6.42 Å². The van der Waals surface area contributed by atoms with Gasteiger partial charge in [-0.15, -0.1) is 12.4 Å². The van der Waals surface area contributed by atoms with Crippen molar-refractivity contribution in [3.05, 3.63) is 42.5 Å². The first-order valence-corrected chi connectivity index (χ1v) is 7.55. The van der Waals surface area contributed by atoms with Crippen molar-refractivity contribution in [3.8, 4) is 0 Å². The van der Waals surface area contributed by atoms with Crippen LogP contribution in [0.15, 0.2) is 52.3 Å². The van der Waals surface area contributed by atoms with Gasteiger partial charge in [0.15, 0.2) is 0 Å². The topological polar surface area (TPSA) is 41.1 Å². The highest BCUT2D eigenvalue weighted by Crippen LogP contribution is 2.44. The van der Waals surface area contributed by atoms with Crippen LogP contribution < -0.4 is 10.6 Å². The predicted molar refractivity (Wildman–Crippen MR) is 91.1 cm³/mol. The average Bonchev–Trinajstić information content (AvgIpc) is 2.45. The van der Waals surface area contributed by atoms with Crippen molar-refractivity contribution in [2.24, 2.45) is 0 Å². The van der Waals surface area contributed by atoms with Gasteiger partial charge in [-0.1, -0.05) is 30.8 Å². The highest BCUT2D eigenvalue weighted by Gasteiger charge is 2.15. The minimum Gasteiger partial charge on any atom is -0.354 e. The predicted octanol–water partition coefficient (Wildman–Crippen LogP) is 5.06. The minimum atomic E-state index is 0. The summed E-state index contributed by atoms with van der Waals surface area (Å²) in [7, 11) is 0. The van der Waals surface area contributed by atoms with Crippen molar-refractivity contribution >= 4 is 47.1 Å². The zero-order chi connectivity index (χ0) is 13.9. The van der Waals surface area contributed by atoms with E-state index in [-0.39, 0.29) is 18.3 Å². The van der Waals surface area contributed by atoms with Gasteiger partial charge in [-0.25, -0.2) is 0 Å². The Morgan fingerprint density at radius 1 is 1.14 bits per heavy atom. The van der Waals surface area contributed by atoms with Gasteiger partial charge in [0.1, 0.15) is 0 Å². The van der Waals surface area contributed by atoms with E-state index < -0.39 is 0 Å². The van der Waals surface area contributed by atoms with Crippen LogP contribution in [-0.2, 0) is 4.79 Å². The van der Waals surface area contributed by atoms with Gasteiger partial charge in [-0.3, -0.25) is 4.79 Å². The van der Waals surface area contributed by atoms with E-state index in [4.69, 9.17) is 0 Å². The van der Waals surface area contributed by atoms with Crippen molar-refractivity contribution in [1.82, 2.24) is 0 Å². The standard InChI is InChI=1S/C16H16N2OS.ClH/c1-2-5-16(19)17-11-8-9-13-15(10-11)20-14-7-4-3-6-12(14)18-13;/h3-4,6-10,18H,2,5H2,1H3,(H,17,19);1H. The number of anilines is 3. The Morgan fingerprint density at radius 3 is 2.71 bits per heavy atom. The van der Waals surface area contributed by atoms with Gasteiger partial charge in [-0.2, -0.15) is 0 Å². The molecule has 21 heavy (non-hydrogen) atoms. The van der Waals surface area contributed by atoms with Crippen molar-refractivity contribution in [2.75, 3.05) is 10.6 Å². The number of fused-ring (bicyclic) bond motifs is 2. The molecule has 0 saturated carbocycles. The van der Waals surface area contributed by atoms with Gasteiger partial charge >= 0.3 is 0 Å². The molecule has 1 aliphatic heterocycles. The van der Waals surface area contributed by atoms with Crippen molar-refractivity contribution in [3.63, 3.8) is 0 Å². The van der Waals surface area contributed by atoms with Crippen LogP contribution in [0.3, 0.4) is 0 Å². The molecule has 0 fully saturated rings. The molecular formula is C16H17ClN2OS. The quantitative estimate of drug-likeness (QED) is 0.709. The van der Waals surface area contributed by atoms with Crippen LogP contribution in [0.25, 0.3) is 0 Å². The van der Waals surface area contributed by atoms with E-state index in [1.54, 1.807) is 11.8 Å². The SMILES string of the molecule is CCCC(=O)Nc1ccc2c(c1)Sc1ccccc1N2.Cl. The molecule has 3 nitrogen and oxygen atoms in total. The van der Waals surface area contributed by atoms with Crippen molar-refractivity contribution < 1.29 is 4.79 Å². The fourth-order valence-corrected chi connectivity index (χ4v) is 3.19. The molecule has 1 amide bonds. The van der Waals surface area contributed by atoms with Crippen LogP contribution >= 0.6 is 24.2 Å². The second kappa shape index (κ2) is 6.87. The number of carbonyl (C=O) groups excluding carboxylic acids is 1. The van der Waals surface area contributed by atoms with Gasteiger partial charge in [0, 0.05) is 21.9 Å². The van der Waals surface area contributed by atoms with Crippen molar-refractivity contribution in [2.45, 2.75) is 29.6 Å². The highest BCUT2D eigenvalue weighted by molar-refractivity contribution is 7.99. The fraction of sp³-hybridized carbons (Fsp3) is 0.188. The first kappa shape index (κ1) is 15.7.